The molecular formula is C13H19BrN2O. The van der Waals surface area contributed by atoms with Gasteiger partial charge in [-0.3, -0.25) is 4.79 Å². The summed E-state index contributed by atoms with van der Waals surface area (Å²) in [6.07, 6.45) is 0. The smallest absolute Gasteiger partial charge is 0.236 e. The van der Waals surface area contributed by atoms with E-state index in [0.717, 1.165) is 4.47 Å². The minimum Gasteiger partial charge on any atom is -0.354 e. The lowest BCUT2D eigenvalue weighted by atomic mass is 9.84. The second-order valence-electron chi connectivity index (χ2n) is 4.90. The van der Waals surface area contributed by atoms with Crippen molar-refractivity contribution >= 4 is 21.8 Å². The summed E-state index contributed by atoms with van der Waals surface area (Å²) in [6.45, 7) is 6.44. The van der Waals surface area contributed by atoms with E-state index in [1.807, 2.05) is 12.1 Å². The van der Waals surface area contributed by atoms with Crippen LogP contribution in [0, 0.1) is 0 Å². The summed E-state index contributed by atoms with van der Waals surface area (Å²) in [5.41, 5.74) is 6.57. The van der Waals surface area contributed by atoms with Gasteiger partial charge in [0, 0.05) is 16.4 Å². The monoisotopic (exact) mass is 298 g/mol. The molecule has 0 unspecified atom stereocenters. The predicted octanol–water partition coefficient (Wildman–Crippen LogP) is 2.19. The SMILES string of the molecule is C[C@H](N)C(=O)NCC(C)(C)c1cccc(Br)c1. The van der Waals surface area contributed by atoms with Gasteiger partial charge < -0.3 is 11.1 Å². The Hall–Kier alpha value is -0.870. The molecule has 94 valence electrons. The molecule has 1 atom stereocenters. The van der Waals surface area contributed by atoms with E-state index in [1.54, 1.807) is 6.92 Å². The van der Waals surface area contributed by atoms with Crippen molar-refractivity contribution in [3.8, 4) is 0 Å². The number of hydrogen-bond donors (Lipinski definition) is 2. The Morgan fingerprint density at radius 2 is 2.18 bits per heavy atom. The third kappa shape index (κ3) is 4.13. The van der Waals surface area contributed by atoms with Crippen LogP contribution < -0.4 is 11.1 Å². The van der Waals surface area contributed by atoms with Gasteiger partial charge in [-0.25, -0.2) is 0 Å². The van der Waals surface area contributed by atoms with Crippen LogP contribution in [0.15, 0.2) is 28.7 Å². The number of nitrogens with one attached hydrogen (secondary N) is 1. The normalized spacial score (nSPS) is 13.2. The summed E-state index contributed by atoms with van der Waals surface area (Å²) in [6, 6.07) is 7.64. The van der Waals surface area contributed by atoms with Gasteiger partial charge in [0.05, 0.1) is 6.04 Å². The summed E-state index contributed by atoms with van der Waals surface area (Å²) in [4.78, 5) is 11.4. The van der Waals surface area contributed by atoms with Crippen LogP contribution in [-0.2, 0) is 10.2 Å². The van der Waals surface area contributed by atoms with Crippen LogP contribution in [0.1, 0.15) is 26.3 Å². The molecule has 0 saturated carbocycles. The first-order valence-electron chi connectivity index (χ1n) is 5.62. The lowest BCUT2D eigenvalue weighted by molar-refractivity contribution is -0.122. The van der Waals surface area contributed by atoms with Gasteiger partial charge in [-0.1, -0.05) is 41.9 Å². The maximum Gasteiger partial charge on any atom is 0.236 e. The summed E-state index contributed by atoms with van der Waals surface area (Å²) >= 11 is 3.45. The number of benzene rings is 1. The zero-order chi connectivity index (χ0) is 13.1. The van der Waals surface area contributed by atoms with Gasteiger partial charge in [-0.15, -0.1) is 0 Å². The van der Waals surface area contributed by atoms with Gasteiger partial charge in [0.2, 0.25) is 5.91 Å². The summed E-state index contributed by atoms with van der Waals surface area (Å²) in [7, 11) is 0. The Labute approximate surface area is 111 Å². The molecule has 0 aliphatic heterocycles. The maximum absolute atomic E-state index is 11.4. The van der Waals surface area contributed by atoms with Crippen molar-refractivity contribution in [3.63, 3.8) is 0 Å². The molecule has 0 fully saturated rings. The standard InChI is InChI=1S/C13H19BrN2O/c1-9(15)12(17)16-8-13(2,3)10-5-4-6-11(14)7-10/h4-7,9H,8,15H2,1-3H3,(H,16,17)/t9-/m0/s1. The van der Waals surface area contributed by atoms with Gasteiger partial charge >= 0.3 is 0 Å². The van der Waals surface area contributed by atoms with E-state index in [1.165, 1.54) is 5.56 Å². The lowest BCUT2D eigenvalue weighted by Gasteiger charge is -2.26. The Bertz CT molecular complexity index is 402. The number of hydrogen-bond acceptors (Lipinski definition) is 2. The van der Waals surface area contributed by atoms with Crippen LogP contribution in [0.3, 0.4) is 0 Å². The van der Waals surface area contributed by atoms with E-state index in [0.29, 0.717) is 6.54 Å². The van der Waals surface area contributed by atoms with E-state index in [-0.39, 0.29) is 11.3 Å². The molecule has 0 radical (unpaired) electrons. The third-order valence-corrected chi connectivity index (χ3v) is 3.22. The molecule has 17 heavy (non-hydrogen) atoms. The first-order chi connectivity index (χ1) is 7.83. The van der Waals surface area contributed by atoms with Crippen LogP contribution in [0.25, 0.3) is 0 Å². The molecule has 1 rings (SSSR count). The summed E-state index contributed by atoms with van der Waals surface area (Å²) in [5.74, 6) is -0.118. The average Bonchev–Trinajstić information content (AvgIpc) is 2.26. The van der Waals surface area contributed by atoms with Gasteiger partial charge in [-0.05, 0) is 24.6 Å². The van der Waals surface area contributed by atoms with E-state index in [2.05, 4.69) is 47.2 Å². The molecule has 0 aromatic heterocycles. The number of amides is 1. The average molecular weight is 299 g/mol. The number of nitrogens with two attached hydrogens (primary N) is 1. The Kier molecular flexibility index (Phi) is 4.71. The molecule has 0 aliphatic rings. The maximum atomic E-state index is 11.4. The quantitative estimate of drug-likeness (QED) is 0.895. The molecule has 0 heterocycles. The van der Waals surface area contributed by atoms with Crippen molar-refractivity contribution < 1.29 is 4.79 Å². The van der Waals surface area contributed by atoms with Gasteiger partial charge in [0.15, 0.2) is 0 Å². The predicted molar refractivity (Wildman–Crippen MR) is 73.8 cm³/mol. The second-order valence-corrected chi connectivity index (χ2v) is 5.82. The molecule has 0 spiro atoms. The molecule has 0 aliphatic carbocycles. The van der Waals surface area contributed by atoms with Crippen molar-refractivity contribution in [1.29, 1.82) is 0 Å². The van der Waals surface area contributed by atoms with Gasteiger partial charge in [0.1, 0.15) is 0 Å². The van der Waals surface area contributed by atoms with Crippen LogP contribution in [0.5, 0.6) is 0 Å². The zero-order valence-corrected chi connectivity index (χ0v) is 12.0. The van der Waals surface area contributed by atoms with Crippen molar-refractivity contribution in [1.82, 2.24) is 5.32 Å². The van der Waals surface area contributed by atoms with E-state index < -0.39 is 6.04 Å². The molecule has 4 heteroatoms. The molecule has 0 saturated heterocycles. The van der Waals surface area contributed by atoms with Crippen LogP contribution >= 0.6 is 15.9 Å². The molecular weight excluding hydrogens is 280 g/mol. The minimum absolute atomic E-state index is 0.117. The van der Waals surface area contributed by atoms with Crippen LogP contribution in [0.2, 0.25) is 0 Å². The number of halogens is 1. The number of rotatable bonds is 4. The lowest BCUT2D eigenvalue weighted by Crippen LogP contribution is -2.43. The Morgan fingerprint density at radius 3 is 2.71 bits per heavy atom. The minimum atomic E-state index is -0.465. The van der Waals surface area contributed by atoms with Crippen molar-refractivity contribution in [2.24, 2.45) is 5.73 Å². The van der Waals surface area contributed by atoms with Crippen LogP contribution in [0.4, 0.5) is 0 Å². The first-order valence-corrected chi connectivity index (χ1v) is 6.41. The first kappa shape index (κ1) is 14.2. The largest absolute Gasteiger partial charge is 0.354 e. The highest BCUT2D eigenvalue weighted by atomic mass is 79.9. The highest BCUT2D eigenvalue weighted by Gasteiger charge is 2.22. The van der Waals surface area contributed by atoms with Crippen molar-refractivity contribution in [2.75, 3.05) is 6.54 Å². The summed E-state index contributed by atoms with van der Waals surface area (Å²) in [5, 5.41) is 2.86. The molecule has 1 amide bonds. The highest BCUT2D eigenvalue weighted by Crippen LogP contribution is 2.24. The number of carbonyl (C=O) groups is 1. The highest BCUT2D eigenvalue weighted by molar-refractivity contribution is 9.10. The molecule has 3 nitrogen and oxygen atoms in total. The zero-order valence-electron chi connectivity index (χ0n) is 10.5. The Morgan fingerprint density at radius 1 is 1.53 bits per heavy atom. The van der Waals surface area contributed by atoms with E-state index in [9.17, 15) is 4.79 Å². The molecule has 3 N–H and O–H groups in total. The second kappa shape index (κ2) is 5.65. The van der Waals surface area contributed by atoms with Gasteiger partial charge in [-0.2, -0.15) is 0 Å². The molecule has 1 aromatic rings. The third-order valence-electron chi connectivity index (χ3n) is 2.72. The fourth-order valence-corrected chi connectivity index (χ4v) is 1.88. The van der Waals surface area contributed by atoms with E-state index >= 15 is 0 Å². The molecule has 0 bridgehead atoms. The van der Waals surface area contributed by atoms with Crippen molar-refractivity contribution in [3.05, 3.63) is 34.3 Å². The fourth-order valence-electron chi connectivity index (χ4n) is 1.48. The Balaban J connectivity index is 2.72. The van der Waals surface area contributed by atoms with Crippen LogP contribution in [-0.4, -0.2) is 18.5 Å². The van der Waals surface area contributed by atoms with E-state index in [4.69, 9.17) is 5.73 Å². The van der Waals surface area contributed by atoms with Crippen molar-refractivity contribution in [2.45, 2.75) is 32.2 Å². The van der Waals surface area contributed by atoms with Gasteiger partial charge in [0.25, 0.3) is 0 Å². The molecule has 1 aromatic carbocycles. The summed E-state index contributed by atoms with van der Waals surface area (Å²) < 4.78 is 1.04. The number of carbonyl (C=O) groups excluding carboxylic acids is 1. The fraction of sp³-hybridized carbons (Fsp3) is 0.462. The topological polar surface area (TPSA) is 55.1 Å².